The van der Waals surface area contributed by atoms with E-state index in [-0.39, 0.29) is 27.8 Å². The molecule has 0 saturated carbocycles. The molecule has 0 unspecified atom stereocenters. The van der Waals surface area contributed by atoms with Crippen LogP contribution in [0.5, 0.6) is 0 Å². The maximum absolute atomic E-state index is 11.9. The third kappa shape index (κ3) is 5.75. The van der Waals surface area contributed by atoms with Gasteiger partial charge in [-0.1, -0.05) is 60.6 Å². The van der Waals surface area contributed by atoms with Gasteiger partial charge in [-0.05, 0) is 32.1 Å². The zero-order chi connectivity index (χ0) is 20.6. The summed E-state index contributed by atoms with van der Waals surface area (Å²) in [5, 5.41) is 8.70. The number of nitrogens with zero attached hydrogens (tertiary/aromatic N) is 3. The summed E-state index contributed by atoms with van der Waals surface area (Å²) >= 11 is 0. The van der Waals surface area contributed by atoms with E-state index in [4.69, 9.17) is 0 Å². The van der Waals surface area contributed by atoms with Crippen LogP contribution in [0, 0.1) is 16.2 Å². The first kappa shape index (κ1) is 22.5. The monoisotopic (exact) mass is 363 g/mol. The van der Waals surface area contributed by atoms with Crippen LogP contribution in [0.1, 0.15) is 87.8 Å². The van der Waals surface area contributed by atoms with E-state index in [2.05, 4.69) is 38.0 Å². The number of hydrogen-bond acceptors (Lipinski definition) is 4. The molecule has 0 aliphatic heterocycles. The molecule has 0 spiro atoms. The lowest BCUT2D eigenvalue weighted by atomic mass is 9.71. The van der Waals surface area contributed by atoms with Crippen molar-refractivity contribution in [3.05, 3.63) is 11.9 Å². The highest BCUT2D eigenvalue weighted by Gasteiger charge is 2.36. The maximum atomic E-state index is 11.9. The SMILES string of the molecule is CC(=O)C(C)(C)CC(C)(C)Cn1cc(C(C)(C)CC(C)(C)C(C)=O)nn1. The summed E-state index contributed by atoms with van der Waals surface area (Å²) in [5.74, 6) is 0.392. The molecule has 148 valence electrons. The van der Waals surface area contributed by atoms with Crippen LogP contribution in [-0.4, -0.2) is 26.6 Å². The van der Waals surface area contributed by atoms with Crippen LogP contribution in [-0.2, 0) is 21.5 Å². The van der Waals surface area contributed by atoms with E-state index in [1.54, 1.807) is 13.8 Å². The van der Waals surface area contributed by atoms with Gasteiger partial charge in [-0.15, -0.1) is 5.10 Å². The van der Waals surface area contributed by atoms with Crippen molar-refractivity contribution >= 4 is 11.6 Å². The molecule has 0 amide bonds. The zero-order valence-electron chi connectivity index (χ0n) is 18.4. The number of rotatable bonds is 9. The van der Waals surface area contributed by atoms with E-state index in [9.17, 15) is 9.59 Å². The van der Waals surface area contributed by atoms with Crippen LogP contribution in [0.15, 0.2) is 6.20 Å². The van der Waals surface area contributed by atoms with Crippen molar-refractivity contribution in [3.63, 3.8) is 0 Å². The number of aromatic nitrogens is 3. The Kier molecular flexibility index (Phi) is 6.27. The van der Waals surface area contributed by atoms with Crippen LogP contribution < -0.4 is 0 Å². The van der Waals surface area contributed by atoms with Crippen molar-refractivity contribution in [1.29, 1.82) is 0 Å². The number of Topliss-reactive ketones (excluding diaryl/α,β-unsaturated/α-hetero) is 2. The van der Waals surface area contributed by atoms with Gasteiger partial charge in [0.25, 0.3) is 0 Å². The quantitative estimate of drug-likeness (QED) is 0.643. The molecule has 1 aromatic rings. The molecule has 0 aliphatic carbocycles. The Morgan fingerprint density at radius 1 is 0.885 bits per heavy atom. The minimum Gasteiger partial charge on any atom is -0.299 e. The van der Waals surface area contributed by atoms with Gasteiger partial charge >= 0.3 is 0 Å². The zero-order valence-corrected chi connectivity index (χ0v) is 18.4. The highest BCUT2D eigenvalue weighted by Crippen LogP contribution is 2.38. The summed E-state index contributed by atoms with van der Waals surface area (Å²) in [6.07, 6.45) is 3.48. The summed E-state index contributed by atoms with van der Waals surface area (Å²) in [6, 6.07) is 0. The molecule has 0 fully saturated rings. The van der Waals surface area contributed by atoms with E-state index in [0.29, 0.717) is 6.54 Å². The highest BCUT2D eigenvalue weighted by atomic mass is 16.1. The van der Waals surface area contributed by atoms with Gasteiger partial charge < -0.3 is 0 Å². The fourth-order valence-corrected chi connectivity index (χ4v) is 3.82. The highest BCUT2D eigenvalue weighted by molar-refractivity contribution is 5.81. The number of carbonyl (C=O) groups is 2. The summed E-state index contributed by atoms with van der Waals surface area (Å²) in [6.45, 7) is 20.5. The molecular formula is C21H37N3O2. The van der Waals surface area contributed by atoms with Crippen LogP contribution in [0.25, 0.3) is 0 Å². The molecule has 0 radical (unpaired) electrons. The molecular weight excluding hydrogens is 326 g/mol. The van der Waals surface area contributed by atoms with Crippen molar-refractivity contribution in [1.82, 2.24) is 15.0 Å². The Hall–Kier alpha value is -1.52. The van der Waals surface area contributed by atoms with E-state index in [1.807, 2.05) is 38.6 Å². The van der Waals surface area contributed by atoms with Gasteiger partial charge in [0.05, 0.1) is 5.69 Å². The van der Waals surface area contributed by atoms with E-state index in [0.717, 1.165) is 18.5 Å². The van der Waals surface area contributed by atoms with Crippen LogP contribution in [0.4, 0.5) is 0 Å². The van der Waals surface area contributed by atoms with Crippen molar-refractivity contribution in [2.24, 2.45) is 16.2 Å². The normalized spacial score (nSPS) is 13.8. The Balaban J connectivity index is 2.93. The average Bonchev–Trinajstić information content (AvgIpc) is 2.84. The van der Waals surface area contributed by atoms with Crippen LogP contribution >= 0.6 is 0 Å². The second-order valence-electron chi connectivity index (χ2n) is 10.6. The van der Waals surface area contributed by atoms with E-state index in [1.165, 1.54) is 0 Å². The van der Waals surface area contributed by atoms with Gasteiger partial charge in [0.15, 0.2) is 0 Å². The first-order chi connectivity index (χ1) is 11.5. The summed E-state index contributed by atoms with van der Waals surface area (Å²) in [5.41, 5.74) is -0.164. The molecule has 0 aliphatic rings. The van der Waals surface area contributed by atoms with Crippen molar-refractivity contribution in [2.75, 3.05) is 0 Å². The van der Waals surface area contributed by atoms with Gasteiger partial charge in [0.2, 0.25) is 0 Å². The third-order valence-electron chi connectivity index (χ3n) is 5.53. The second-order valence-corrected chi connectivity index (χ2v) is 10.6. The standard InChI is InChI=1S/C21H37N3O2/c1-15(25)19(5,6)12-18(3,4)14-24-11-17(22-23-24)21(9,10)13-20(7,8)16(2)26/h11H,12-14H2,1-10H3. The van der Waals surface area contributed by atoms with Gasteiger partial charge in [-0.3, -0.25) is 14.3 Å². The molecule has 0 atom stereocenters. The number of hydrogen-bond donors (Lipinski definition) is 0. The first-order valence-electron chi connectivity index (χ1n) is 9.41. The molecule has 1 aromatic heterocycles. The predicted octanol–water partition coefficient (Wildman–Crippen LogP) is 4.59. The Bertz CT molecular complexity index is 667. The Morgan fingerprint density at radius 3 is 1.81 bits per heavy atom. The van der Waals surface area contributed by atoms with E-state index < -0.39 is 5.41 Å². The molecule has 0 saturated heterocycles. The van der Waals surface area contributed by atoms with E-state index >= 15 is 0 Å². The van der Waals surface area contributed by atoms with Gasteiger partial charge in [0.1, 0.15) is 11.6 Å². The number of ketones is 2. The minimum atomic E-state index is -0.391. The third-order valence-corrected chi connectivity index (χ3v) is 5.53. The lowest BCUT2D eigenvalue weighted by molar-refractivity contribution is -0.127. The van der Waals surface area contributed by atoms with Crippen molar-refractivity contribution < 1.29 is 9.59 Å². The minimum absolute atomic E-state index is 0.0804. The van der Waals surface area contributed by atoms with Crippen LogP contribution in [0.2, 0.25) is 0 Å². The molecule has 0 N–H and O–H groups in total. The largest absolute Gasteiger partial charge is 0.299 e. The molecule has 5 heteroatoms. The predicted molar refractivity (Wildman–Crippen MR) is 105 cm³/mol. The molecule has 1 heterocycles. The smallest absolute Gasteiger partial charge is 0.135 e. The second kappa shape index (κ2) is 7.24. The fraction of sp³-hybridized carbons (Fsp3) is 0.810. The maximum Gasteiger partial charge on any atom is 0.135 e. The molecule has 0 bridgehead atoms. The summed E-state index contributed by atoms with van der Waals surface area (Å²) in [4.78, 5) is 23.7. The molecule has 26 heavy (non-hydrogen) atoms. The fourth-order valence-electron chi connectivity index (χ4n) is 3.82. The molecule has 0 aromatic carbocycles. The number of carbonyl (C=O) groups excluding carboxylic acids is 2. The Morgan fingerprint density at radius 2 is 1.35 bits per heavy atom. The van der Waals surface area contributed by atoms with Gasteiger partial charge in [0, 0.05) is 29.0 Å². The molecule has 5 nitrogen and oxygen atoms in total. The van der Waals surface area contributed by atoms with Gasteiger partial charge in [-0.2, -0.15) is 0 Å². The molecule has 1 rings (SSSR count). The topological polar surface area (TPSA) is 64.8 Å². The first-order valence-corrected chi connectivity index (χ1v) is 9.41. The lowest BCUT2D eigenvalue weighted by Crippen LogP contribution is -2.32. The van der Waals surface area contributed by atoms with Gasteiger partial charge in [-0.25, -0.2) is 0 Å². The summed E-state index contributed by atoms with van der Waals surface area (Å²) in [7, 11) is 0. The van der Waals surface area contributed by atoms with Crippen molar-refractivity contribution in [3.8, 4) is 0 Å². The average molecular weight is 364 g/mol. The van der Waals surface area contributed by atoms with Crippen molar-refractivity contribution in [2.45, 2.75) is 94.0 Å². The Labute approximate surface area is 158 Å². The van der Waals surface area contributed by atoms with Crippen LogP contribution in [0.3, 0.4) is 0 Å². The summed E-state index contributed by atoms with van der Waals surface area (Å²) < 4.78 is 1.87. The lowest BCUT2D eigenvalue weighted by Gasteiger charge is -2.33.